The predicted octanol–water partition coefficient (Wildman–Crippen LogP) is 3.16. The monoisotopic (exact) mass is 393 g/mol. The lowest BCUT2D eigenvalue weighted by Gasteiger charge is -2.30. The lowest BCUT2D eigenvalue weighted by atomic mass is 9.95. The highest BCUT2D eigenvalue weighted by Gasteiger charge is 2.26. The minimum absolute atomic E-state index is 0.0121. The molecule has 0 atom stereocenters. The summed E-state index contributed by atoms with van der Waals surface area (Å²) in [4.78, 5) is 36.8. The Kier molecular flexibility index (Phi) is 6.73. The van der Waals surface area contributed by atoms with Crippen molar-refractivity contribution in [2.24, 2.45) is 5.92 Å². The Morgan fingerprint density at radius 3 is 2.52 bits per heavy atom. The van der Waals surface area contributed by atoms with Crippen molar-refractivity contribution < 1.29 is 14.5 Å². The summed E-state index contributed by atoms with van der Waals surface area (Å²) in [6, 6.07) is 15.9. The summed E-state index contributed by atoms with van der Waals surface area (Å²) >= 11 is 0. The highest BCUT2D eigenvalue weighted by atomic mass is 16.6. The molecular formula is C22H23N3O4. The molecule has 1 N–H and O–H groups in total. The van der Waals surface area contributed by atoms with Gasteiger partial charge in [-0.25, -0.2) is 0 Å². The van der Waals surface area contributed by atoms with Gasteiger partial charge in [0, 0.05) is 43.8 Å². The number of piperidine rings is 1. The summed E-state index contributed by atoms with van der Waals surface area (Å²) in [6.07, 6.45) is 4.25. The molecule has 1 aliphatic heterocycles. The molecule has 0 aliphatic carbocycles. The molecule has 7 heteroatoms. The third-order valence-corrected chi connectivity index (χ3v) is 4.99. The highest BCUT2D eigenvalue weighted by molar-refractivity contribution is 5.92. The van der Waals surface area contributed by atoms with E-state index in [9.17, 15) is 19.7 Å². The van der Waals surface area contributed by atoms with E-state index in [0.717, 1.165) is 5.56 Å². The maximum absolute atomic E-state index is 12.4. The van der Waals surface area contributed by atoms with Crippen molar-refractivity contribution in [1.82, 2.24) is 10.2 Å². The van der Waals surface area contributed by atoms with E-state index in [2.05, 4.69) is 5.32 Å². The average Bonchev–Trinajstić information content (AvgIpc) is 2.77. The van der Waals surface area contributed by atoms with Gasteiger partial charge >= 0.3 is 0 Å². The first-order chi connectivity index (χ1) is 14.0. The summed E-state index contributed by atoms with van der Waals surface area (Å²) in [6.45, 7) is 1.54. The molecule has 2 aromatic carbocycles. The standard InChI is InChI=1S/C22H23N3O4/c26-21(10-9-17-7-4-8-20(15-17)25(28)29)24-13-11-19(12-14-24)22(27)23-16-18-5-2-1-3-6-18/h1-10,15,19H,11-14,16H2,(H,23,27)/b10-9+. The highest BCUT2D eigenvalue weighted by Crippen LogP contribution is 2.19. The number of carbonyl (C=O) groups excluding carboxylic acids is 2. The van der Waals surface area contributed by atoms with Crippen molar-refractivity contribution >= 4 is 23.6 Å². The van der Waals surface area contributed by atoms with E-state index < -0.39 is 4.92 Å². The summed E-state index contributed by atoms with van der Waals surface area (Å²) in [5, 5.41) is 13.8. The SMILES string of the molecule is O=C(NCc1ccccc1)C1CCN(C(=O)/C=C/c2cccc([N+](=O)[O-])c2)CC1. The lowest BCUT2D eigenvalue weighted by molar-refractivity contribution is -0.384. The quantitative estimate of drug-likeness (QED) is 0.463. The maximum Gasteiger partial charge on any atom is 0.270 e. The molecule has 2 amide bonds. The van der Waals surface area contributed by atoms with E-state index >= 15 is 0 Å². The van der Waals surface area contributed by atoms with Crippen LogP contribution in [0.5, 0.6) is 0 Å². The number of amides is 2. The summed E-state index contributed by atoms with van der Waals surface area (Å²) in [5.74, 6) is -0.226. The first-order valence-electron chi connectivity index (χ1n) is 9.56. The fourth-order valence-electron chi connectivity index (χ4n) is 3.31. The van der Waals surface area contributed by atoms with E-state index in [4.69, 9.17) is 0 Å². The molecule has 3 rings (SSSR count). The molecule has 0 saturated carbocycles. The van der Waals surface area contributed by atoms with E-state index in [1.54, 1.807) is 23.1 Å². The van der Waals surface area contributed by atoms with Gasteiger partial charge in [-0.15, -0.1) is 0 Å². The lowest BCUT2D eigenvalue weighted by Crippen LogP contribution is -2.42. The number of nitro groups is 1. The van der Waals surface area contributed by atoms with Crippen molar-refractivity contribution in [3.8, 4) is 0 Å². The van der Waals surface area contributed by atoms with Crippen LogP contribution in [0.2, 0.25) is 0 Å². The van der Waals surface area contributed by atoms with Gasteiger partial charge < -0.3 is 10.2 Å². The summed E-state index contributed by atoms with van der Waals surface area (Å²) in [5.41, 5.74) is 1.64. The topological polar surface area (TPSA) is 92.6 Å². The third-order valence-electron chi connectivity index (χ3n) is 4.99. The molecule has 0 aromatic heterocycles. The van der Waals surface area contributed by atoms with E-state index in [-0.39, 0.29) is 23.4 Å². The molecular weight excluding hydrogens is 370 g/mol. The van der Waals surface area contributed by atoms with E-state index in [1.165, 1.54) is 18.2 Å². The van der Waals surface area contributed by atoms with Crippen molar-refractivity contribution in [3.05, 3.63) is 81.9 Å². The number of rotatable bonds is 6. The molecule has 1 saturated heterocycles. The third kappa shape index (κ3) is 5.75. The van der Waals surface area contributed by atoms with E-state index in [0.29, 0.717) is 38.0 Å². The number of hydrogen-bond acceptors (Lipinski definition) is 4. The van der Waals surface area contributed by atoms with E-state index in [1.807, 2.05) is 30.3 Å². The fourth-order valence-corrected chi connectivity index (χ4v) is 3.31. The second-order valence-corrected chi connectivity index (χ2v) is 6.99. The van der Waals surface area contributed by atoms with Crippen LogP contribution in [0.15, 0.2) is 60.7 Å². The van der Waals surface area contributed by atoms with Crippen LogP contribution in [0.25, 0.3) is 6.08 Å². The maximum atomic E-state index is 12.4. The van der Waals surface area contributed by atoms with Gasteiger partial charge in [-0.05, 0) is 30.0 Å². The minimum atomic E-state index is -0.465. The number of carbonyl (C=O) groups is 2. The van der Waals surface area contributed by atoms with Crippen LogP contribution < -0.4 is 5.32 Å². The number of hydrogen-bond donors (Lipinski definition) is 1. The van der Waals surface area contributed by atoms with Gasteiger partial charge in [-0.2, -0.15) is 0 Å². The smallest absolute Gasteiger partial charge is 0.270 e. The van der Waals surface area contributed by atoms with Gasteiger partial charge in [-0.3, -0.25) is 19.7 Å². The Morgan fingerprint density at radius 2 is 1.83 bits per heavy atom. The molecule has 1 fully saturated rings. The predicted molar refractivity (Wildman–Crippen MR) is 110 cm³/mol. The largest absolute Gasteiger partial charge is 0.352 e. The number of benzene rings is 2. The number of nitrogens with one attached hydrogen (secondary N) is 1. The van der Waals surface area contributed by atoms with Gasteiger partial charge in [-0.1, -0.05) is 42.5 Å². The van der Waals surface area contributed by atoms with Crippen LogP contribution in [0.1, 0.15) is 24.0 Å². The molecule has 29 heavy (non-hydrogen) atoms. The van der Waals surface area contributed by atoms with Gasteiger partial charge in [0.2, 0.25) is 11.8 Å². The molecule has 0 spiro atoms. The number of nitrogens with zero attached hydrogens (tertiary/aromatic N) is 2. The Hall–Kier alpha value is -3.48. The van der Waals surface area contributed by atoms with Gasteiger partial charge in [0.05, 0.1) is 4.92 Å². The molecule has 2 aromatic rings. The van der Waals surface area contributed by atoms with Crippen molar-refractivity contribution in [3.63, 3.8) is 0 Å². The zero-order valence-corrected chi connectivity index (χ0v) is 16.0. The van der Waals surface area contributed by atoms with Crippen LogP contribution in [-0.2, 0) is 16.1 Å². The minimum Gasteiger partial charge on any atom is -0.352 e. The average molecular weight is 393 g/mol. The second kappa shape index (κ2) is 9.64. The van der Waals surface area contributed by atoms with Crippen LogP contribution in [-0.4, -0.2) is 34.7 Å². The normalized spacial score (nSPS) is 14.7. The Balaban J connectivity index is 1.47. The van der Waals surface area contributed by atoms with Gasteiger partial charge in [0.15, 0.2) is 0 Å². The molecule has 7 nitrogen and oxygen atoms in total. The van der Waals surface area contributed by atoms with Crippen LogP contribution in [0.3, 0.4) is 0 Å². The van der Waals surface area contributed by atoms with Crippen LogP contribution >= 0.6 is 0 Å². The van der Waals surface area contributed by atoms with Gasteiger partial charge in [0.1, 0.15) is 0 Å². The Labute approximate surface area is 169 Å². The number of nitro benzene ring substituents is 1. The molecule has 1 aliphatic rings. The van der Waals surface area contributed by atoms with Crippen LogP contribution in [0, 0.1) is 16.0 Å². The number of likely N-dealkylation sites (tertiary alicyclic amines) is 1. The molecule has 1 heterocycles. The molecule has 0 unspecified atom stereocenters. The van der Waals surface area contributed by atoms with Crippen molar-refractivity contribution in [1.29, 1.82) is 0 Å². The number of non-ortho nitro benzene ring substituents is 1. The molecule has 0 radical (unpaired) electrons. The van der Waals surface area contributed by atoms with Gasteiger partial charge in [0.25, 0.3) is 5.69 Å². The first-order valence-corrected chi connectivity index (χ1v) is 9.56. The second-order valence-electron chi connectivity index (χ2n) is 6.99. The van der Waals surface area contributed by atoms with Crippen molar-refractivity contribution in [2.45, 2.75) is 19.4 Å². The zero-order chi connectivity index (χ0) is 20.6. The molecule has 150 valence electrons. The van der Waals surface area contributed by atoms with Crippen LogP contribution in [0.4, 0.5) is 5.69 Å². The molecule has 0 bridgehead atoms. The summed E-state index contributed by atoms with van der Waals surface area (Å²) in [7, 11) is 0. The Bertz CT molecular complexity index is 903. The zero-order valence-electron chi connectivity index (χ0n) is 16.0. The Morgan fingerprint density at radius 1 is 1.10 bits per heavy atom. The fraction of sp³-hybridized carbons (Fsp3) is 0.273. The first kappa shape index (κ1) is 20.3. The van der Waals surface area contributed by atoms with Crippen molar-refractivity contribution in [2.75, 3.05) is 13.1 Å². The summed E-state index contributed by atoms with van der Waals surface area (Å²) < 4.78 is 0.